The molecule has 78 heavy (non-hydrogen) atoms. The van der Waals surface area contributed by atoms with E-state index in [0.29, 0.717) is 19.3 Å². The van der Waals surface area contributed by atoms with E-state index in [1.54, 1.807) is 0 Å². The molecule has 0 aromatic rings. The third-order valence-corrected chi connectivity index (χ3v) is 13.4. The van der Waals surface area contributed by atoms with Crippen molar-refractivity contribution in [3.63, 3.8) is 0 Å². The first-order valence-electron chi connectivity index (χ1n) is 32.2. The zero-order chi connectivity index (χ0) is 56.4. The third kappa shape index (κ3) is 62.4. The molecule has 0 radical (unpaired) electrons. The number of hydrogen-bond acceptors (Lipinski definition) is 6. The number of carbonyl (C=O) groups is 3. The fourth-order valence-electron chi connectivity index (χ4n) is 8.62. The van der Waals surface area contributed by atoms with Gasteiger partial charge in [0.15, 0.2) is 6.10 Å². The molecule has 0 aliphatic carbocycles. The van der Waals surface area contributed by atoms with Crippen molar-refractivity contribution in [2.24, 2.45) is 0 Å². The Labute approximate surface area is 481 Å². The molecule has 0 saturated carbocycles. The van der Waals surface area contributed by atoms with E-state index < -0.39 is 6.10 Å². The minimum absolute atomic E-state index is 0.108. The van der Waals surface area contributed by atoms with Gasteiger partial charge >= 0.3 is 17.9 Å². The standard InChI is InChI=1S/C72H118O6/c1-4-7-10-13-16-19-22-25-28-31-32-33-34-35-36-37-38-39-40-42-44-47-50-53-56-59-62-65-71(74)77-68-69(67-76-70(73)64-61-58-55-52-49-46-43-30-27-24-21-18-15-12-9-6-3)78-72(75)66-63-60-57-54-51-48-45-41-29-26-23-20-17-14-11-8-5-2/h7-8,10-11,16-17,19-21,24-26,28-30,32-33,43,45,48,54,57,69H,4-6,9,12-15,18,22-23,27,31,34-42,44,46-47,49-53,55-56,58-68H2,1-3H3/b10-7-,11-8-,19-16-,20-17-,24-21-,28-25-,29-26-,33-32-,43-30-,48-45-,57-54-. The van der Waals surface area contributed by atoms with E-state index in [9.17, 15) is 14.4 Å². The highest BCUT2D eigenvalue weighted by molar-refractivity contribution is 5.71. The molecule has 0 amide bonds. The van der Waals surface area contributed by atoms with Crippen LogP contribution in [-0.4, -0.2) is 37.2 Å². The molecule has 0 aromatic carbocycles. The zero-order valence-corrected chi connectivity index (χ0v) is 50.6. The molecule has 0 fully saturated rings. The first-order chi connectivity index (χ1) is 38.5. The van der Waals surface area contributed by atoms with Gasteiger partial charge in [-0.2, -0.15) is 0 Å². The highest BCUT2D eigenvalue weighted by atomic mass is 16.6. The van der Waals surface area contributed by atoms with Crippen LogP contribution in [0.25, 0.3) is 0 Å². The largest absolute Gasteiger partial charge is 0.462 e. The van der Waals surface area contributed by atoms with Crippen molar-refractivity contribution in [2.75, 3.05) is 13.2 Å². The van der Waals surface area contributed by atoms with Gasteiger partial charge in [-0.15, -0.1) is 0 Å². The van der Waals surface area contributed by atoms with Gasteiger partial charge < -0.3 is 14.2 Å². The molecule has 0 aliphatic heterocycles. The Hall–Kier alpha value is -4.45. The summed E-state index contributed by atoms with van der Waals surface area (Å²) in [7, 11) is 0. The lowest BCUT2D eigenvalue weighted by Crippen LogP contribution is -2.30. The lowest BCUT2D eigenvalue weighted by molar-refractivity contribution is -0.167. The topological polar surface area (TPSA) is 78.9 Å². The maximum Gasteiger partial charge on any atom is 0.306 e. The first-order valence-corrected chi connectivity index (χ1v) is 32.2. The summed E-state index contributed by atoms with van der Waals surface area (Å²) in [5.41, 5.74) is 0. The molecule has 0 spiro atoms. The van der Waals surface area contributed by atoms with Crippen LogP contribution in [0.2, 0.25) is 0 Å². The average molecular weight is 1080 g/mol. The lowest BCUT2D eigenvalue weighted by atomic mass is 10.0. The maximum absolute atomic E-state index is 12.9. The van der Waals surface area contributed by atoms with Crippen LogP contribution >= 0.6 is 0 Å². The molecule has 0 heterocycles. The van der Waals surface area contributed by atoms with Gasteiger partial charge in [-0.25, -0.2) is 0 Å². The van der Waals surface area contributed by atoms with E-state index in [-0.39, 0.29) is 37.5 Å². The molecule has 6 nitrogen and oxygen atoms in total. The molecule has 442 valence electrons. The molecule has 0 aliphatic rings. The predicted octanol–water partition coefficient (Wildman–Crippen LogP) is 22.2. The van der Waals surface area contributed by atoms with Gasteiger partial charge in [0.25, 0.3) is 0 Å². The summed E-state index contributed by atoms with van der Waals surface area (Å²) in [6, 6.07) is 0. The van der Waals surface area contributed by atoms with Gasteiger partial charge in [-0.05, 0) is 128 Å². The summed E-state index contributed by atoms with van der Waals surface area (Å²) in [5.74, 6) is -0.979. The number of esters is 3. The Morgan fingerprint density at radius 3 is 0.821 bits per heavy atom. The number of rotatable bonds is 57. The van der Waals surface area contributed by atoms with Crippen LogP contribution in [0.5, 0.6) is 0 Å². The second-order valence-corrected chi connectivity index (χ2v) is 20.9. The van der Waals surface area contributed by atoms with Crippen LogP contribution in [0.4, 0.5) is 0 Å². The summed E-state index contributed by atoms with van der Waals surface area (Å²) < 4.78 is 16.9. The predicted molar refractivity (Wildman–Crippen MR) is 339 cm³/mol. The summed E-state index contributed by atoms with van der Waals surface area (Å²) >= 11 is 0. The van der Waals surface area contributed by atoms with Crippen molar-refractivity contribution >= 4 is 17.9 Å². The van der Waals surface area contributed by atoms with E-state index in [2.05, 4.69) is 154 Å². The number of hydrogen-bond donors (Lipinski definition) is 0. The fourth-order valence-corrected chi connectivity index (χ4v) is 8.62. The van der Waals surface area contributed by atoms with Gasteiger partial charge in [0.2, 0.25) is 0 Å². The maximum atomic E-state index is 12.9. The van der Waals surface area contributed by atoms with E-state index >= 15 is 0 Å². The van der Waals surface area contributed by atoms with Crippen LogP contribution in [-0.2, 0) is 28.6 Å². The normalized spacial score (nSPS) is 13.0. The van der Waals surface area contributed by atoms with Crippen LogP contribution in [0.1, 0.15) is 284 Å². The van der Waals surface area contributed by atoms with Crippen molar-refractivity contribution in [3.05, 3.63) is 134 Å². The number of carbonyl (C=O) groups excluding carboxylic acids is 3. The quantitative estimate of drug-likeness (QED) is 0.0261. The smallest absolute Gasteiger partial charge is 0.306 e. The minimum atomic E-state index is -0.819. The second-order valence-electron chi connectivity index (χ2n) is 20.9. The average Bonchev–Trinajstić information content (AvgIpc) is 3.44. The second kappa shape index (κ2) is 65.1. The van der Waals surface area contributed by atoms with Gasteiger partial charge in [0.05, 0.1) is 0 Å². The Kier molecular flexibility index (Phi) is 61.4. The summed E-state index contributed by atoms with van der Waals surface area (Å²) in [5, 5.41) is 0. The molecule has 0 aromatic heterocycles. The summed E-state index contributed by atoms with van der Waals surface area (Å²) in [6.45, 7) is 6.35. The van der Waals surface area contributed by atoms with Crippen LogP contribution in [0.15, 0.2) is 134 Å². The first kappa shape index (κ1) is 73.5. The highest BCUT2D eigenvalue weighted by Crippen LogP contribution is 2.15. The summed E-state index contributed by atoms with van der Waals surface area (Å²) in [4.78, 5) is 38.3. The molecule has 1 unspecified atom stereocenters. The van der Waals surface area contributed by atoms with Crippen molar-refractivity contribution < 1.29 is 28.6 Å². The van der Waals surface area contributed by atoms with Crippen LogP contribution in [0.3, 0.4) is 0 Å². The van der Waals surface area contributed by atoms with Gasteiger partial charge in [-0.3, -0.25) is 14.4 Å². The number of ether oxygens (including phenoxy) is 3. The van der Waals surface area contributed by atoms with Crippen molar-refractivity contribution in [1.29, 1.82) is 0 Å². The third-order valence-electron chi connectivity index (χ3n) is 13.4. The van der Waals surface area contributed by atoms with Gasteiger partial charge in [0, 0.05) is 19.3 Å². The monoisotopic (exact) mass is 1080 g/mol. The molecule has 1 atom stereocenters. The van der Waals surface area contributed by atoms with E-state index in [4.69, 9.17) is 14.2 Å². The van der Waals surface area contributed by atoms with Crippen molar-refractivity contribution in [3.8, 4) is 0 Å². The summed E-state index contributed by atoms with van der Waals surface area (Å²) in [6.07, 6.45) is 91.8. The van der Waals surface area contributed by atoms with Gasteiger partial charge in [0.1, 0.15) is 13.2 Å². The van der Waals surface area contributed by atoms with Crippen LogP contribution < -0.4 is 0 Å². The fraction of sp³-hybridized carbons (Fsp3) is 0.653. The molecule has 6 heteroatoms. The Balaban J connectivity index is 4.39. The molecule has 0 saturated heterocycles. The minimum Gasteiger partial charge on any atom is -0.462 e. The number of allylic oxidation sites excluding steroid dienone is 22. The zero-order valence-electron chi connectivity index (χ0n) is 50.6. The van der Waals surface area contributed by atoms with Crippen molar-refractivity contribution in [2.45, 2.75) is 290 Å². The molecule has 0 bridgehead atoms. The molecule has 0 N–H and O–H groups in total. The Morgan fingerprint density at radius 2 is 0.513 bits per heavy atom. The van der Waals surface area contributed by atoms with E-state index in [1.165, 1.54) is 109 Å². The molecular formula is C72H118O6. The Bertz CT molecular complexity index is 1670. The van der Waals surface area contributed by atoms with Crippen molar-refractivity contribution in [1.82, 2.24) is 0 Å². The Morgan fingerprint density at radius 1 is 0.269 bits per heavy atom. The van der Waals surface area contributed by atoms with Gasteiger partial charge in [-0.1, -0.05) is 270 Å². The molecular weight excluding hydrogens is 961 g/mol. The van der Waals surface area contributed by atoms with E-state index in [1.807, 2.05) is 0 Å². The van der Waals surface area contributed by atoms with Crippen LogP contribution in [0, 0.1) is 0 Å². The lowest BCUT2D eigenvalue weighted by Gasteiger charge is -2.18. The number of unbranched alkanes of at least 4 members (excludes halogenated alkanes) is 24. The highest BCUT2D eigenvalue weighted by Gasteiger charge is 2.19. The molecule has 0 rings (SSSR count). The van der Waals surface area contributed by atoms with E-state index in [0.717, 1.165) is 128 Å². The SMILES string of the molecule is CC/C=C\C/C=C\C/C=C\C/C=C\C/C=C\CCCC(=O)OC(COC(=O)CCCCCCC/C=C\C/C=C\CCCCCC)COC(=O)CCCCCCCCCCCCCCCC/C=C\C/C=C\C/C=C\C/C=C\CC.